The van der Waals surface area contributed by atoms with Gasteiger partial charge in [0.05, 0.1) is 12.4 Å². The second-order valence-electron chi connectivity index (χ2n) is 6.64. The van der Waals surface area contributed by atoms with Crippen molar-refractivity contribution in [2.24, 2.45) is 5.41 Å². The van der Waals surface area contributed by atoms with Gasteiger partial charge in [0, 0.05) is 18.2 Å². The molecule has 0 heterocycles. The summed E-state index contributed by atoms with van der Waals surface area (Å²) in [5.41, 5.74) is -1.22. The third kappa shape index (κ3) is 9.68. The van der Waals surface area contributed by atoms with Crippen LogP contribution >= 0.6 is 0 Å². The molecule has 0 aliphatic carbocycles. The quantitative estimate of drug-likeness (QED) is 0.709. The molecular formula is C14H29NO5S. The lowest BCUT2D eigenvalue weighted by molar-refractivity contribution is 0.0452. The van der Waals surface area contributed by atoms with Crippen LogP contribution in [-0.2, 0) is 14.6 Å². The van der Waals surface area contributed by atoms with Crippen LogP contribution < -0.4 is 5.32 Å². The minimum Gasteiger partial charge on any atom is -0.444 e. The molecule has 1 amide bonds. The molecule has 0 spiro atoms. The van der Waals surface area contributed by atoms with Gasteiger partial charge in [0.2, 0.25) is 0 Å². The van der Waals surface area contributed by atoms with E-state index in [0.29, 0.717) is 12.8 Å². The van der Waals surface area contributed by atoms with Crippen LogP contribution in [-0.4, -0.2) is 50.4 Å². The first-order chi connectivity index (χ1) is 9.43. The maximum absolute atomic E-state index is 11.7. The summed E-state index contributed by atoms with van der Waals surface area (Å²) in [5.74, 6) is -0.0104. The Balaban J connectivity index is 4.72. The van der Waals surface area contributed by atoms with Crippen LogP contribution in [0.3, 0.4) is 0 Å². The molecular weight excluding hydrogens is 294 g/mol. The highest BCUT2D eigenvalue weighted by Crippen LogP contribution is 2.28. The molecule has 7 heteroatoms. The van der Waals surface area contributed by atoms with Crippen LogP contribution in [0.15, 0.2) is 0 Å². The summed E-state index contributed by atoms with van der Waals surface area (Å²) in [6, 6.07) is 0. The topological polar surface area (TPSA) is 92.7 Å². The van der Waals surface area contributed by atoms with Crippen molar-refractivity contribution in [3.8, 4) is 0 Å². The lowest BCUT2D eigenvalue weighted by atomic mass is 9.81. The molecule has 0 saturated heterocycles. The van der Waals surface area contributed by atoms with Crippen LogP contribution in [0.2, 0.25) is 0 Å². The Morgan fingerprint density at radius 3 is 2.19 bits per heavy atom. The van der Waals surface area contributed by atoms with Crippen molar-refractivity contribution < 1.29 is 23.1 Å². The summed E-state index contributed by atoms with van der Waals surface area (Å²) in [7, 11) is -3.11. The molecule has 0 aromatic rings. The number of hydrogen-bond acceptors (Lipinski definition) is 5. The van der Waals surface area contributed by atoms with Gasteiger partial charge >= 0.3 is 6.09 Å². The van der Waals surface area contributed by atoms with Crippen molar-refractivity contribution in [3.63, 3.8) is 0 Å². The number of sulfone groups is 1. The van der Waals surface area contributed by atoms with Crippen LogP contribution in [0.1, 0.15) is 47.0 Å². The molecule has 1 unspecified atom stereocenters. The van der Waals surface area contributed by atoms with Crippen molar-refractivity contribution in [2.45, 2.75) is 52.6 Å². The standard InChI is InChI=1S/C14H29NO5S/c1-6-7-14(11-16,8-9-21(5,18)19)10-15-12(17)20-13(2,3)4/h16H,6-11H2,1-5H3,(H,15,17). The van der Waals surface area contributed by atoms with Crippen LogP contribution in [0, 0.1) is 5.41 Å². The zero-order chi connectivity index (χ0) is 16.7. The van der Waals surface area contributed by atoms with Crippen molar-refractivity contribution in [1.29, 1.82) is 0 Å². The minimum absolute atomic E-state index is 0.0104. The van der Waals surface area contributed by atoms with Gasteiger partial charge in [-0.15, -0.1) is 0 Å². The first kappa shape index (κ1) is 20.2. The van der Waals surface area contributed by atoms with Crippen molar-refractivity contribution in [1.82, 2.24) is 5.32 Å². The second-order valence-corrected chi connectivity index (χ2v) is 8.90. The van der Waals surface area contributed by atoms with E-state index in [1.807, 2.05) is 6.92 Å². The Bertz CT molecular complexity index is 427. The Hall–Kier alpha value is -0.820. The number of ether oxygens (including phenoxy) is 1. The molecule has 0 fully saturated rings. The third-order valence-electron chi connectivity index (χ3n) is 3.13. The van der Waals surface area contributed by atoms with Gasteiger partial charge in [0.1, 0.15) is 15.4 Å². The van der Waals surface area contributed by atoms with Crippen molar-refractivity contribution in [2.75, 3.05) is 25.2 Å². The fraction of sp³-hybridized carbons (Fsp3) is 0.929. The first-order valence-electron chi connectivity index (χ1n) is 7.18. The van der Waals surface area contributed by atoms with E-state index in [2.05, 4.69) is 5.32 Å². The molecule has 0 aliphatic rings. The molecule has 2 N–H and O–H groups in total. The molecule has 0 aromatic heterocycles. The molecule has 126 valence electrons. The molecule has 21 heavy (non-hydrogen) atoms. The molecule has 0 saturated carbocycles. The van der Waals surface area contributed by atoms with Gasteiger partial charge in [-0.2, -0.15) is 0 Å². The van der Waals surface area contributed by atoms with Gasteiger partial charge in [0.25, 0.3) is 0 Å². The van der Waals surface area contributed by atoms with E-state index < -0.39 is 26.9 Å². The van der Waals surface area contributed by atoms with E-state index >= 15 is 0 Å². The zero-order valence-corrected chi connectivity index (χ0v) is 14.5. The molecule has 1 atom stereocenters. The lowest BCUT2D eigenvalue weighted by Gasteiger charge is -2.32. The zero-order valence-electron chi connectivity index (χ0n) is 13.7. The van der Waals surface area contributed by atoms with E-state index in [4.69, 9.17) is 4.74 Å². The predicted molar refractivity (Wildman–Crippen MR) is 83.0 cm³/mol. The van der Waals surface area contributed by atoms with E-state index in [0.717, 1.165) is 6.42 Å². The van der Waals surface area contributed by atoms with E-state index in [1.54, 1.807) is 20.8 Å². The van der Waals surface area contributed by atoms with Crippen molar-refractivity contribution in [3.05, 3.63) is 0 Å². The highest BCUT2D eigenvalue weighted by molar-refractivity contribution is 7.90. The van der Waals surface area contributed by atoms with Crippen LogP contribution in [0.4, 0.5) is 4.79 Å². The summed E-state index contributed by atoms with van der Waals surface area (Å²) in [4.78, 5) is 11.7. The van der Waals surface area contributed by atoms with Crippen LogP contribution in [0.25, 0.3) is 0 Å². The Morgan fingerprint density at radius 1 is 1.24 bits per heavy atom. The minimum atomic E-state index is -3.11. The van der Waals surface area contributed by atoms with E-state index in [-0.39, 0.29) is 18.9 Å². The van der Waals surface area contributed by atoms with Gasteiger partial charge in [-0.25, -0.2) is 13.2 Å². The average molecular weight is 323 g/mol. The Morgan fingerprint density at radius 2 is 1.81 bits per heavy atom. The molecule has 0 aromatic carbocycles. The van der Waals surface area contributed by atoms with Gasteiger partial charge in [0.15, 0.2) is 0 Å². The number of rotatable bonds is 8. The summed E-state index contributed by atoms with van der Waals surface area (Å²) in [5, 5.41) is 12.3. The predicted octanol–water partition coefficient (Wildman–Crippen LogP) is 1.72. The first-order valence-corrected chi connectivity index (χ1v) is 9.24. The Kier molecular flexibility index (Phi) is 7.67. The summed E-state index contributed by atoms with van der Waals surface area (Å²) in [6.07, 6.45) is 2.35. The van der Waals surface area contributed by atoms with E-state index in [9.17, 15) is 18.3 Å². The Labute approximate surface area is 128 Å². The monoisotopic (exact) mass is 323 g/mol. The van der Waals surface area contributed by atoms with Crippen LogP contribution in [0.5, 0.6) is 0 Å². The summed E-state index contributed by atoms with van der Waals surface area (Å²) < 4.78 is 27.8. The molecule has 0 bridgehead atoms. The highest BCUT2D eigenvalue weighted by atomic mass is 32.2. The van der Waals surface area contributed by atoms with Crippen molar-refractivity contribution >= 4 is 15.9 Å². The average Bonchev–Trinajstić information content (AvgIpc) is 2.30. The summed E-state index contributed by atoms with van der Waals surface area (Å²) in [6.45, 7) is 7.27. The highest BCUT2D eigenvalue weighted by Gasteiger charge is 2.31. The second kappa shape index (κ2) is 7.98. The number of hydrogen-bond donors (Lipinski definition) is 2. The molecule has 0 radical (unpaired) electrons. The van der Waals surface area contributed by atoms with Gasteiger partial charge in [-0.05, 0) is 33.6 Å². The maximum Gasteiger partial charge on any atom is 0.407 e. The lowest BCUT2D eigenvalue weighted by Crippen LogP contribution is -2.43. The number of carbonyl (C=O) groups is 1. The molecule has 0 rings (SSSR count). The maximum atomic E-state index is 11.7. The fourth-order valence-corrected chi connectivity index (χ4v) is 2.83. The normalized spacial score (nSPS) is 15.3. The van der Waals surface area contributed by atoms with Gasteiger partial charge in [-0.1, -0.05) is 13.3 Å². The summed E-state index contributed by atoms with van der Waals surface area (Å²) >= 11 is 0. The number of aliphatic hydroxyl groups excluding tert-OH is 1. The van der Waals surface area contributed by atoms with Gasteiger partial charge in [-0.3, -0.25) is 0 Å². The number of amides is 1. The fourth-order valence-electron chi connectivity index (χ4n) is 2.02. The van der Waals surface area contributed by atoms with E-state index in [1.165, 1.54) is 6.26 Å². The number of nitrogens with one attached hydrogen (secondary N) is 1. The third-order valence-corrected chi connectivity index (χ3v) is 4.07. The molecule has 0 aliphatic heterocycles. The SMILES string of the molecule is CCCC(CO)(CCS(C)(=O)=O)CNC(=O)OC(C)(C)C. The molecule has 6 nitrogen and oxygen atoms in total. The number of carbonyl (C=O) groups excluding carboxylic acids is 1. The largest absolute Gasteiger partial charge is 0.444 e. The number of aliphatic hydroxyl groups is 1. The smallest absolute Gasteiger partial charge is 0.407 e. The van der Waals surface area contributed by atoms with Gasteiger partial charge < -0.3 is 15.2 Å². The number of alkyl carbamates (subject to hydrolysis) is 1.